The normalized spacial score (nSPS) is 14.6. The van der Waals surface area contributed by atoms with E-state index in [0.29, 0.717) is 0 Å². The van der Waals surface area contributed by atoms with Gasteiger partial charge < -0.3 is 0 Å². The average Bonchev–Trinajstić information content (AvgIpc) is 2.05. The van der Waals surface area contributed by atoms with Crippen LogP contribution in [0.25, 0.3) is 0 Å². The molecule has 0 spiro atoms. The third kappa shape index (κ3) is 8.08. The molecule has 0 radical (unpaired) electrons. The molecule has 0 bridgehead atoms. The van der Waals surface area contributed by atoms with E-state index in [1.807, 2.05) is 0 Å². The van der Waals surface area contributed by atoms with Crippen LogP contribution in [0.5, 0.6) is 0 Å². The van der Waals surface area contributed by atoms with Crippen molar-refractivity contribution in [2.75, 3.05) is 0 Å². The van der Waals surface area contributed by atoms with Gasteiger partial charge in [0.25, 0.3) is 0 Å². The smallest absolute Gasteiger partial charge is 0.0323 e. The first kappa shape index (κ1) is 12.7. The topological polar surface area (TPSA) is 0 Å². The Hall–Kier alpha value is -0.260. The average molecular weight is 182 g/mol. The fourth-order valence-electron chi connectivity index (χ4n) is 1.82. The maximum atomic E-state index is 2.38. The molecule has 0 saturated heterocycles. The summed E-state index contributed by atoms with van der Waals surface area (Å²) in [6, 6.07) is 0. The highest BCUT2D eigenvalue weighted by Crippen LogP contribution is 2.16. The van der Waals surface area contributed by atoms with E-state index < -0.39 is 0 Å². The highest BCUT2D eigenvalue weighted by Gasteiger charge is 1.99. The molecule has 13 heavy (non-hydrogen) atoms. The van der Waals surface area contributed by atoms with Gasteiger partial charge in [-0.15, -0.1) is 0 Å². The fraction of sp³-hybridized carbons (Fsp3) is 0.846. The van der Waals surface area contributed by atoms with Crippen molar-refractivity contribution in [3.8, 4) is 0 Å². The van der Waals surface area contributed by atoms with E-state index in [2.05, 4.69) is 33.8 Å². The quantitative estimate of drug-likeness (QED) is 0.489. The molecule has 78 valence electrons. The van der Waals surface area contributed by atoms with Crippen LogP contribution < -0.4 is 0 Å². The third-order valence-electron chi connectivity index (χ3n) is 2.60. The van der Waals surface area contributed by atoms with Gasteiger partial charge in [-0.3, -0.25) is 0 Å². The molecule has 0 N–H and O–H groups in total. The number of allylic oxidation sites excluding steroid dienone is 2. The lowest BCUT2D eigenvalue weighted by atomic mass is 9.97. The summed E-state index contributed by atoms with van der Waals surface area (Å²) in [7, 11) is 0. The third-order valence-corrected chi connectivity index (χ3v) is 2.60. The van der Waals surface area contributed by atoms with Crippen LogP contribution in [0, 0.1) is 5.92 Å². The molecule has 0 amide bonds. The van der Waals surface area contributed by atoms with E-state index in [1.165, 1.54) is 38.5 Å². The molecule has 0 aromatic carbocycles. The van der Waals surface area contributed by atoms with Crippen molar-refractivity contribution < 1.29 is 0 Å². The lowest BCUT2D eigenvalue weighted by molar-refractivity contribution is 0.469. The Morgan fingerprint density at radius 2 is 1.92 bits per heavy atom. The molecule has 1 atom stereocenters. The van der Waals surface area contributed by atoms with Crippen LogP contribution in [0.1, 0.15) is 66.2 Å². The van der Waals surface area contributed by atoms with E-state index in [9.17, 15) is 0 Å². The molecule has 0 fully saturated rings. The van der Waals surface area contributed by atoms with E-state index in [0.717, 1.165) is 5.92 Å². The highest BCUT2D eigenvalue weighted by atomic mass is 14.1. The first-order chi connectivity index (χ1) is 6.20. The van der Waals surface area contributed by atoms with Crippen LogP contribution in [-0.2, 0) is 0 Å². The summed E-state index contributed by atoms with van der Waals surface area (Å²) < 4.78 is 0. The Morgan fingerprint density at radius 1 is 1.23 bits per heavy atom. The Kier molecular flexibility index (Phi) is 8.18. The Labute approximate surface area is 84.4 Å². The van der Waals surface area contributed by atoms with Gasteiger partial charge in [-0.25, -0.2) is 0 Å². The first-order valence-corrected chi connectivity index (χ1v) is 5.86. The molecule has 0 aliphatic rings. The van der Waals surface area contributed by atoms with Gasteiger partial charge in [0, 0.05) is 0 Å². The highest BCUT2D eigenvalue weighted by molar-refractivity contribution is 4.96. The Balaban J connectivity index is 3.38. The molecule has 0 aromatic heterocycles. The van der Waals surface area contributed by atoms with Gasteiger partial charge in [0.1, 0.15) is 0 Å². The van der Waals surface area contributed by atoms with Crippen LogP contribution in [0.15, 0.2) is 11.6 Å². The zero-order valence-electron chi connectivity index (χ0n) is 9.90. The van der Waals surface area contributed by atoms with Crippen LogP contribution in [0.4, 0.5) is 0 Å². The molecule has 1 unspecified atom stereocenters. The number of rotatable bonds is 7. The zero-order chi connectivity index (χ0) is 10.1. The van der Waals surface area contributed by atoms with Crippen molar-refractivity contribution >= 4 is 0 Å². The summed E-state index contributed by atoms with van der Waals surface area (Å²) in [4.78, 5) is 0. The molecule has 0 aliphatic heterocycles. The molecule has 0 aliphatic carbocycles. The maximum Gasteiger partial charge on any atom is -0.0323 e. The van der Waals surface area contributed by atoms with Crippen LogP contribution in [-0.4, -0.2) is 0 Å². The van der Waals surface area contributed by atoms with Crippen molar-refractivity contribution in [1.29, 1.82) is 0 Å². The second kappa shape index (κ2) is 8.34. The van der Waals surface area contributed by atoms with Crippen LogP contribution in [0.3, 0.4) is 0 Å². The maximum absolute atomic E-state index is 2.38. The molecule has 0 nitrogen and oxygen atoms in total. The van der Waals surface area contributed by atoms with Gasteiger partial charge in [0.2, 0.25) is 0 Å². The lowest BCUT2D eigenvalue weighted by Gasteiger charge is -2.09. The molecular weight excluding hydrogens is 156 g/mol. The van der Waals surface area contributed by atoms with E-state index in [4.69, 9.17) is 0 Å². The summed E-state index contributed by atoms with van der Waals surface area (Å²) in [5.74, 6) is 0.930. The minimum absolute atomic E-state index is 0.930. The molecule has 0 aromatic rings. The fourth-order valence-corrected chi connectivity index (χ4v) is 1.82. The number of hydrogen-bond acceptors (Lipinski definition) is 0. The van der Waals surface area contributed by atoms with Gasteiger partial charge in [-0.1, -0.05) is 51.7 Å². The van der Waals surface area contributed by atoms with Crippen molar-refractivity contribution in [2.24, 2.45) is 5.92 Å². The van der Waals surface area contributed by atoms with Crippen LogP contribution in [0.2, 0.25) is 0 Å². The van der Waals surface area contributed by atoms with Crippen LogP contribution >= 0.6 is 0 Å². The summed E-state index contributed by atoms with van der Waals surface area (Å²) >= 11 is 0. The summed E-state index contributed by atoms with van der Waals surface area (Å²) in [5.41, 5.74) is 1.58. The summed E-state index contributed by atoms with van der Waals surface area (Å²) in [6.45, 7) is 9.12. The largest absolute Gasteiger partial charge is 0.0859 e. The van der Waals surface area contributed by atoms with E-state index in [1.54, 1.807) is 5.57 Å². The van der Waals surface area contributed by atoms with Gasteiger partial charge in [-0.2, -0.15) is 0 Å². The van der Waals surface area contributed by atoms with E-state index >= 15 is 0 Å². The second-order valence-corrected chi connectivity index (χ2v) is 4.24. The standard InChI is InChI=1S/C13H26/c1-5-8-12(3)10-7-11-13(4)9-6-2/h8,13H,5-7,9-11H2,1-4H3. The SMILES string of the molecule is CCC=C(C)CCCC(C)CCC. The molecule has 0 saturated carbocycles. The van der Waals surface area contributed by atoms with Crippen molar-refractivity contribution in [3.63, 3.8) is 0 Å². The molecule has 0 heterocycles. The second-order valence-electron chi connectivity index (χ2n) is 4.24. The number of hydrogen-bond donors (Lipinski definition) is 0. The van der Waals surface area contributed by atoms with Gasteiger partial charge in [0.05, 0.1) is 0 Å². The van der Waals surface area contributed by atoms with Crippen molar-refractivity contribution in [3.05, 3.63) is 11.6 Å². The van der Waals surface area contributed by atoms with Crippen molar-refractivity contribution in [2.45, 2.75) is 66.2 Å². The first-order valence-electron chi connectivity index (χ1n) is 5.86. The Bertz CT molecular complexity index is 133. The Morgan fingerprint density at radius 3 is 2.46 bits per heavy atom. The van der Waals surface area contributed by atoms with E-state index in [-0.39, 0.29) is 0 Å². The zero-order valence-corrected chi connectivity index (χ0v) is 9.90. The molecule has 0 rings (SSSR count). The van der Waals surface area contributed by atoms with Gasteiger partial charge >= 0.3 is 0 Å². The predicted octanol–water partition coefficient (Wildman–Crippen LogP) is 4.95. The monoisotopic (exact) mass is 182 g/mol. The van der Waals surface area contributed by atoms with Crippen molar-refractivity contribution in [1.82, 2.24) is 0 Å². The minimum Gasteiger partial charge on any atom is -0.0859 e. The molecular formula is C13H26. The van der Waals surface area contributed by atoms with Gasteiger partial charge in [-0.05, 0) is 32.1 Å². The molecule has 0 heteroatoms. The van der Waals surface area contributed by atoms with Gasteiger partial charge in [0.15, 0.2) is 0 Å². The lowest BCUT2D eigenvalue weighted by Crippen LogP contribution is -1.93. The predicted molar refractivity (Wildman–Crippen MR) is 62.0 cm³/mol. The summed E-state index contributed by atoms with van der Waals surface area (Å²) in [5, 5.41) is 0. The minimum atomic E-state index is 0.930. The summed E-state index contributed by atoms with van der Waals surface area (Å²) in [6.07, 6.45) is 10.4.